The summed E-state index contributed by atoms with van der Waals surface area (Å²) in [5, 5.41) is 0. The van der Waals surface area contributed by atoms with E-state index in [0.29, 0.717) is 6.54 Å². The molecule has 0 radical (unpaired) electrons. The van der Waals surface area contributed by atoms with Gasteiger partial charge in [-0.2, -0.15) is 0 Å². The third-order valence-corrected chi connectivity index (χ3v) is 6.25. The summed E-state index contributed by atoms with van der Waals surface area (Å²) < 4.78 is 0. The number of carbonyl (C=O) groups excluding carboxylic acids is 2. The lowest BCUT2D eigenvalue weighted by molar-refractivity contribution is -0.137. The number of benzene rings is 1. The molecular weight excluding hydrogens is 364 g/mol. The Morgan fingerprint density at radius 3 is 2.69 bits per heavy atom. The van der Waals surface area contributed by atoms with Crippen LogP contribution in [0.4, 0.5) is 0 Å². The Morgan fingerprint density at radius 2 is 1.93 bits per heavy atom. The summed E-state index contributed by atoms with van der Waals surface area (Å²) in [6, 6.07) is 10.0. The molecule has 1 fully saturated rings. The number of likely N-dealkylation sites (tertiary alicyclic amines) is 1. The van der Waals surface area contributed by atoms with Crippen LogP contribution in [0, 0.1) is 0 Å². The quantitative estimate of drug-likeness (QED) is 0.803. The first-order chi connectivity index (χ1) is 14.0. The van der Waals surface area contributed by atoms with Gasteiger partial charge in [0, 0.05) is 57.2 Å². The van der Waals surface area contributed by atoms with E-state index in [1.807, 2.05) is 41.4 Å². The maximum Gasteiger partial charge on any atom is 0.223 e. The SMILES string of the molecule is CN(C)C(=O)CCC(=O)N1CCCC2(CCc3cnc(-c4ccccc4)nc32)C1. The second-order valence-electron chi connectivity index (χ2n) is 8.42. The highest BCUT2D eigenvalue weighted by Gasteiger charge is 2.44. The van der Waals surface area contributed by atoms with Gasteiger partial charge in [0.1, 0.15) is 0 Å². The van der Waals surface area contributed by atoms with Crippen LogP contribution in [0.1, 0.15) is 43.4 Å². The molecule has 1 unspecified atom stereocenters. The van der Waals surface area contributed by atoms with Gasteiger partial charge in [-0.1, -0.05) is 30.3 Å². The van der Waals surface area contributed by atoms with Crippen molar-refractivity contribution in [3.8, 4) is 11.4 Å². The Balaban J connectivity index is 1.54. The summed E-state index contributed by atoms with van der Waals surface area (Å²) in [6.45, 7) is 1.46. The number of nitrogens with zero attached hydrogens (tertiary/aromatic N) is 4. The molecular formula is C23H28N4O2. The Morgan fingerprint density at radius 1 is 1.14 bits per heavy atom. The summed E-state index contributed by atoms with van der Waals surface area (Å²) in [4.78, 5) is 37.7. The number of aromatic nitrogens is 2. The van der Waals surface area contributed by atoms with Crippen molar-refractivity contribution in [2.45, 2.75) is 43.9 Å². The van der Waals surface area contributed by atoms with Crippen LogP contribution in [0.5, 0.6) is 0 Å². The van der Waals surface area contributed by atoms with Crippen molar-refractivity contribution in [3.05, 3.63) is 47.8 Å². The summed E-state index contributed by atoms with van der Waals surface area (Å²) in [5.74, 6) is 0.826. The standard InChI is InChI=1S/C23H28N4O2/c1-26(2)19(28)9-10-20(29)27-14-6-12-23(16-27)13-11-18-15-24-22(25-21(18)23)17-7-4-3-5-8-17/h3-5,7-8,15H,6,9-14,16H2,1-2H3. The minimum absolute atomic E-state index is 0.00321. The lowest BCUT2D eigenvalue weighted by Crippen LogP contribution is -2.48. The number of aryl methyl sites for hydroxylation is 1. The zero-order valence-corrected chi connectivity index (χ0v) is 17.2. The minimum atomic E-state index is -0.0821. The molecule has 0 saturated carbocycles. The van der Waals surface area contributed by atoms with Crippen molar-refractivity contribution < 1.29 is 9.59 Å². The normalized spacial score (nSPS) is 20.6. The van der Waals surface area contributed by atoms with Crippen LogP contribution in [-0.4, -0.2) is 58.8 Å². The molecule has 2 aliphatic rings. The lowest BCUT2D eigenvalue weighted by Gasteiger charge is -2.40. The molecule has 1 atom stereocenters. The predicted octanol–water partition coefficient (Wildman–Crippen LogP) is 2.82. The zero-order chi connectivity index (χ0) is 20.4. The molecule has 1 saturated heterocycles. The van der Waals surface area contributed by atoms with E-state index in [0.717, 1.165) is 49.3 Å². The van der Waals surface area contributed by atoms with Gasteiger partial charge in [-0.3, -0.25) is 9.59 Å². The van der Waals surface area contributed by atoms with Crippen LogP contribution in [-0.2, 0) is 21.4 Å². The van der Waals surface area contributed by atoms with Crippen LogP contribution in [0.3, 0.4) is 0 Å². The topological polar surface area (TPSA) is 66.4 Å². The van der Waals surface area contributed by atoms with E-state index < -0.39 is 0 Å². The van der Waals surface area contributed by atoms with Crippen molar-refractivity contribution in [1.29, 1.82) is 0 Å². The fourth-order valence-corrected chi connectivity index (χ4v) is 4.61. The number of piperidine rings is 1. The van der Waals surface area contributed by atoms with Gasteiger partial charge in [-0.25, -0.2) is 9.97 Å². The highest BCUT2D eigenvalue weighted by molar-refractivity contribution is 5.83. The fourth-order valence-electron chi connectivity index (χ4n) is 4.61. The zero-order valence-electron chi connectivity index (χ0n) is 17.2. The molecule has 1 aliphatic heterocycles. The van der Waals surface area contributed by atoms with Gasteiger partial charge in [0.05, 0.1) is 5.69 Å². The molecule has 1 spiro atoms. The Hall–Kier alpha value is -2.76. The first-order valence-electron chi connectivity index (χ1n) is 10.4. The maximum absolute atomic E-state index is 12.8. The molecule has 152 valence electrons. The van der Waals surface area contributed by atoms with Crippen molar-refractivity contribution in [3.63, 3.8) is 0 Å². The summed E-state index contributed by atoms with van der Waals surface area (Å²) in [7, 11) is 3.45. The lowest BCUT2D eigenvalue weighted by atomic mass is 9.77. The van der Waals surface area contributed by atoms with Gasteiger partial charge < -0.3 is 9.80 Å². The van der Waals surface area contributed by atoms with Crippen molar-refractivity contribution >= 4 is 11.8 Å². The molecule has 1 aliphatic carbocycles. The van der Waals surface area contributed by atoms with Crippen LogP contribution >= 0.6 is 0 Å². The largest absolute Gasteiger partial charge is 0.349 e. The van der Waals surface area contributed by atoms with Crippen molar-refractivity contribution in [2.24, 2.45) is 0 Å². The first-order valence-corrected chi connectivity index (χ1v) is 10.4. The molecule has 2 amide bonds. The van der Waals surface area contributed by atoms with Gasteiger partial charge in [0.15, 0.2) is 5.82 Å². The van der Waals surface area contributed by atoms with Crippen molar-refractivity contribution in [2.75, 3.05) is 27.2 Å². The smallest absolute Gasteiger partial charge is 0.223 e. The number of amides is 2. The van der Waals surface area contributed by atoms with Gasteiger partial charge in [0.2, 0.25) is 11.8 Å². The van der Waals surface area contributed by atoms with E-state index in [-0.39, 0.29) is 30.1 Å². The Labute approximate surface area is 172 Å². The van der Waals surface area contributed by atoms with Crippen LogP contribution in [0.25, 0.3) is 11.4 Å². The molecule has 4 rings (SSSR count). The summed E-state index contributed by atoms with van der Waals surface area (Å²) in [5.41, 5.74) is 3.26. The van der Waals surface area contributed by atoms with E-state index >= 15 is 0 Å². The van der Waals surface area contributed by atoms with E-state index in [2.05, 4.69) is 4.98 Å². The van der Waals surface area contributed by atoms with Gasteiger partial charge >= 0.3 is 0 Å². The van der Waals surface area contributed by atoms with Crippen molar-refractivity contribution in [1.82, 2.24) is 19.8 Å². The average molecular weight is 393 g/mol. The number of hydrogen-bond donors (Lipinski definition) is 0. The number of fused-ring (bicyclic) bond motifs is 2. The molecule has 1 aromatic carbocycles. The third-order valence-electron chi connectivity index (χ3n) is 6.25. The van der Waals surface area contributed by atoms with Crippen LogP contribution in [0.2, 0.25) is 0 Å². The highest BCUT2D eigenvalue weighted by atomic mass is 16.2. The van der Waals surface area contributed by atoms with E-state index in [9.17, 15) is 9.59 Å². The third kappa shape index (κ3) is 3.88. The van der Waals surface area contributed by atoms with Gasteiger partial charge in [-0.05, 0) is 31.2 Å². The minimum Gasteiger partial charge on any atom is -0.349 e. The highest BCUT2D eigenvalue weighted by Crippen LogP contribution is 2.44. The summed E-state index contributed by atoms with van der Waals surface area (Å²) >= 11 is 0. The van der Waals surface area contributed by atoms with E-state index in [1.54, 1.807) is 19.0 Å². The Kier molecular flexibility index (Phi) is 5.35. The molecule has 0 N–H and O–H groups in total. The fraction of sp³-hybridized carbons (Fsp3) is 0.478. The molecule has 2 aromatic rings. The predicted molar refractivity (Wildman–Crippen MR) is 111 cm³/mol. The molecule has 29 heavy (non-hydrogen) atoms. The second kappa shape index (κ2) is 7.93. The molecule has 6 heteroatoms. The molecule has 6 nitrogen and oxygen atoms in total. The first kappa shape index (κ1) is 19.6. The molecule has 1 aromatic heterocycles. The second-order valence-corrected chi connectivity index (χ2v) is 8.42. The average Bonchev–Trinajstić information content (AvgIpc) is 3.09. The van der Waals surface area contributed by atoms with Crippen LogP contribution in [0.15, 0.2) is 36.5 Å². The monoisotopic (exact) mass is 392 g/mol. The number of hydrogen-bond acceptors (Lipinski definition) is 4. The molecule has 2 heterocycles. The summed E-state index contributed by atoms with van der Waals surface area (Å²) in [6.07, 6.45) is 6.51. The van der Waals surface area contributed by atoms with E-state index in [1.165, 1.54) is 5.56 Å². The van der Waals surface area contributed by atoms with Gasteiger partial charge in [-0.15, -0.1) is 0 Å². The Bertz CT molecular complexity index is 908. The maximum atomic E-state index is 12.8. The van der Waals surface area contributed by atoms with Gasteiger partial charge in [0.25, 0.3) is 0 Å². The number of carbonyl (C=O) groups is 2. The molecule has 0 bridgehead atoms. The number of rotatable bonds is 4. The van der Waals surface area contributed by atoms with Crippen LogP contribution < -0.4 is 0 Å². The van der Waals surface area contributed by atoms with E-state index in [4.69, 9.17) is 4.98 Å².